The van der Waals surface area contributed by atoms with Crippen molar-refractivity contribution in [2.75, 3.05) is 18.1 Å². The minimum atomic E-state index is -2.80. The summed E-state index contributed by atoms with van der Waals surface area (Å²) in [6.07, 6.45) is 1.84. The Morgan fingerprint density at radius 2 is 1.82 bits per heavy atom. The van der Waals surface area contributed by atoms with Crippen LogP contribution >= 0.6 is 0 Å². The zero-order valence-corrected chi connectivity index (χ0v) is 11.0. The first-order chi connectivity index (χ1) is 7.66. The molecule has 0 saturated carbocycles. The Hall–Kier alpha value is -0.840. The predicted octanol–water partition coefficient (Wildman–Crippen LogP) is -2.89. The second-order valence-electron chi connectivity index (χ2n) is 4.10. The second-order valence-corrected chi connectivity index (χ2v) is 6.21. The van der Waals surface area contributed by atoms with Crippen molar-refractivity contribution in [3.05, 3.63) is 47.5 Å². The summed E-state index contributed by atoms with van der Waals surface area (Å²) in [5.41, 5.74) is 2.31. The Labute approximate surface area is 108 Å². The third kappa shape index (κ3) is 4.50. The van der Waals surface area contributed by atoms with Crippen molar-refractivity contribution in [2.24, 2.45) is 0 Å². The van der Waals surface area contributed by atoms with Crippen LogP contribution in [0, 0.1) is 0 Å². The normalized spacial score (nSPS) is 17.3. The van der Waals surface area contributed by atoms with E-state index in [0.29, 0.717) is 0 Å². The Kier molecular flexibility index (Phi) is 5.18. The van der Waals surface area contributed by atoms with E-state index in [2.05, 4.69) is 17.4 Å². The highest BCUT2D eigenvalue weighted by Crippen LogP contribution is 2.08. The van der Waals surface area contributed by atoms with Gasteiger partial charge in [0.25, 0.3) is 0 Å². The first-order valence-corrected chi connectivity index (χ1v) is 7.22. The number of nitrogens with two attached hydrogens (primary N) is 1. The summed E-state index contributed by atoms with van der Waals surface area (Å²) in [4.78, 5) is 0. The van der Waals surface area contributed by atoms with Gasteiger partial charge in [0.05, 0.1) is 18.1 Å². The van der Waals surface area contributed by atoms with Crippen LogP contribution in [0.1, 0.15) is 5.56 Å². The minimum absolute atomic E-state index is 0. The second kappa shape index (κ2) is 6.19. The van der Waals surface area contributed by atoms with Crippen LogP contribution in [-0.4, -0.2) is 26.5 Å². The van der Waals surface area contributed by atoms with E-state index in [1.807, 2.05) is 24.3 Å². The smallest absolute Gasteiger partial charge is 0.157 e. The van der Waals surface area contributed by atoms with Gasteiger partial charge in [-0.3, -0.25) is 0 Å². The van der Waals surface area contributed by atoms with E-state index in [9.17, 15) is 8.42 Å². The molecule has 1 aliphatic rings. The lowest BCUT2D eigenvalue weighted by atomic mass is 10.2. The monoisotopic (exact) mass is 273 g/mol. The maximum atomic E-state index is 11.2. The van der Waals surface area contributed by atoms with Crippen molar-refractivity contribution in [2.45, 2.75) is 6.54 Å². The average molecular weight is 274 g/mol. The molecule has 17 heavy (non-hydrogen) atoms. The lowest BCUT2D eigenvalue weighted by Gasteiger charge is -2.01. The standard InChI is InChI=1S/C12H15NO2S.ClH/c14-16(15)7-6-12(10-16)9-13-8-11-4-2-1-3-5-11;/h1-6,13H,7-10H2;1H. The number of hydrogen-bond donors (Lipinski definition) is 1. The number of quaternary nitrogens is 1. The molecule has 1 aromatic carbocycles. The fraction of sp³-hybridized carbons (Fsp3) is 0.333. The molecule has 0 atom stereocenters. The van der Waals surface area contributed by atoms with Crippen molar-refractivity contribution in [3.63, 3.8) is 0 Å². The van der Waals surface area contributed by atoms with Crippen LogP contribution < -0.4 is 17.7 Å². The van der Waals surface area contributed by atoms with Crippen LogP contribution in [0.25, 0.3) is 0 Å². The third-order valence-electron chi connectivity index (χ3n) is 2.66. The topological polar surface area (TPSA) is 50.8 Å². The highest BCUT2D eigenvalue weighted by atomic mass is 35.5. The first-order valence-electron chi connectivity index (χ1n) is 5.40. The van der Waals surface area contributed by atoms with Crippen LogP contribution in [0.4, 0.5) is 0 Å². The predicted molar refractivity (Wildman–Crippen MR) is 63.7 cm³/mol. The van der Waals surface area contributed by atoms with E-state index >= 15 is 0 Å². The molecule has 0 unspecified atom stereocenters. The van der Waals surface area contributed by atoms with Gasteiger partial charge in [-0.25, -0.2) is 8.42 Å². The molecule has 5 heteroatoms. The summed E-state index contributed by atoms with van der Waals surface area (Å²) in [5.74, 6) is 0.472. The summed E-state index contributed by atoms with van der Waals surface area (Å²) in [5, 5.41) is 2.14. The van der Waals surface area contributed by atoms with Crippen LogP contribution in [0.15, 0.2) is 42.0 Å². The van der Waals surface area contributed by atoms with E-state index < -0.39 is 9.84 Å². The first kappa shape index (κ1) is 14.2. The van der Waals surface area contributed by atoms with Gasteiger partial charge in [0, 0.05) is 5.56 Å². The number of hydrogen-bond acceptors (Lipinski definition) is 2. The number of rotatable bonds is 4. The van der Waals surface area contributed by atoms with E-state index in [-0.39, 0.29) is 23.9 Å². The van der Waals surface area contributed by atoms with E-state index in [1.54, 1.807) is 0 Å². The molecular formula is C12H16ClNO2S. The number of halogens is 1. The van der Waals surface area contributed by atoms with Gasteiger partial charge < -0.3 is 17.7 Å². The fourth-order valence-corrected chi connectivity index (χ4v) is 3.23. The van der Waals surface area contributed by atoms with Crippen LogP contribution in [-0.2, 0) is 16.4 Å². The molecule has 0 aromatic heterocycles. The van der Waals surface area contributed by atoms with E-state index in [0.717, 1.165) is 18.7 Å². The van der Waals surface area contributed by atoms with Gasteiger partial charge in [-0.05, 0) is 5.57 Å². The van der Waals surface area contributed by atoms with Gasteiger partial charge in [-0.15, -0.1) is 0 Å². The molecule has 0 fully saturated rings. The van der Waals surface area contributed by atoms with Gasteiger partial charge in [0.15, 0.2) is 9.84 Å². The van der Waals surface area contributed by atoms with Crippen molar-refractivity contribution in [1.29, 1.82) is 0 Å². The maximum Gasteiger partial charge on any atom is 0.157 e. The van der Waals surface area contributed by atoms with Gasteiger partial charge in [-0.1, -0.05) is 36.4 Å². The molecular weight excluding hydrogens is 258 g/mol. The highest BCUT2D eigenvalue weighted by Gasteiger charge is 2.20. The molecule has 0 radical (unpaired) electrons. The molecule has 0 saturated heterocycles. The summed E-state index contributed by atoms with van der Waals surface area (Å²) in [7, 11) is -2.80. The molecule has 1 aromatic rings. The minimum Gasteiger partial charge on any atom is -1.00 e. The largest absolute Gasteiger partial charge is 1.00 e. The quantitative estimate of drug-likeness (QED) is 0.599. The van der Waals surface area contributed by atoms with Gasteiger partial charge in [0.1, 0.15) is 6.54 Å². The van der Waals surface area contributed by atoms with Gasteiger partial charge >= 0.3 is 0 Å². The van der Waals surface area contributed by atoms with Crippen molar-refractivity contribution in [1.82, 2.24) is 0 Å². The van der Waals surface area contributed by atoms with Crippen molar-refractivity contribution >= 4 is 9.84 Å². The molecule has 1 aliphatic heterocycles. The van der Waals surface area contributed by atoms with Crippen LogP contribution in [0.5, 0.6) is 0 Å². The molecule has 3 nitrogen and oxygen atoms in total. The Morgan fingerprint density at radius 3 is 2.41 bits per heavy atom. The van der Waals surface area contributed by atoms with Crippen molar-refractivity contribution < 1.29 is 26.1 Å². The van der Waals surface area contributed by atoms with E-state index in [4.69, 9.17) is 0 Å². The summed E-state index contributed by atoms with van der Waals surface area (Å²) >= 11 is 0. The zero-order valence-electron chi connectivity index (χ0n) is 9.47. The molecule has 94 valence electrons. The van der Waals surface area contributed by atoms with Gasteiger partial charge in [-0.2, -0.15) is 0 Å². The summed E-state index contributed by atoms with van der Waals surface area (Å²) < 4.78 is 22.4. The third-order valence-corrected chi connectivity index (χ3v) is 4.15. The summed E-state index contributed by atoms with van der Waals surface area (Å²) in [6.45, 7) is 1.69. The SMILES string of the molecule is O=S1(=O)CC=C(C[NH2+]Cc2ccccc2)C1.[Cl-]. The average Bonchev–Trinajstić information content (AvgIpc) is 2.60. The molecule has 0 aliphatic carbocycles. The summed E-state index contributed by atoms with van der Waals surface area (Å²) in [6, 6.07) is 10.2. The van der Waals surface area contributed by atoms with Gasteiger partial charge in [0.2, 0.25) is 0 Å². The Bertz CT molecular complexity index is 482. The lowest BCUT2D eigenvalue weighted by molar-refractivity contribution is -0.663. The van der Waals surface area contributed by atoms with Crippen molar-refractivity contribution in [3.8, 4) is 0 Å². The van der Waals surface area contributed by atoms with Crippen LogP contribution in [0.3, 0.4) is 0 Å². The highest BCUT2D eigenvalue weighted by molar-refractivity contribution is 7.92. The number of sulfone groups is 1. The molecule has 1 heterocycles. The lowest BCUT2D eigenvalue weighted by Crippen LogP contribution is -3.00. The fourth-order valence-electron chi connectivity index (χ4n) is 1.83. The molecule has 0 amide bonds. The van der Waals surface area contributed by atoms with E-state index in [1.165, 1.54) is 5.56 Å². The van der Waals surface area contributed by atoms with Crippen LogP contribution in [0.2, 0.25) is 0 Å². The molecule has 2 rings (SSSR count). The molecule has 0 spiro atoms. The number of benzene rings is 1. The maximum absolute atomic E-state index is 11.2. The Morgan fingerprint density at radius 1 is 1.12 bits per heavy atom. The molecule has 0 bridgehead atoms. The zero-order chi connectivity index (χ0) is 11.4. The Balaban J connectivity index is 0.00000144. The molecule has 2 N–H and O–H groups in total.